The zero-order valence-corrected chi connectivity index (χ0v) is 12.8. The Kier molecular flexibility index (Phi) is 3.31. The van der Waals surface area contributed by atoms with Crippen LogP contribution in [0.5, 0.6) is 0 Å². The van der Waals surface area contributed by atoms with E-state index in [4.69, 9.17) is 0 Å². The van der Waals surface area contributed by atoms with E-state index in [0.29, 0.717) is 6.04 Å². The normalized spacial score (nSPS) is 20.1. The first-order chi connectivity index (χ1) is 10.3. The average molecular weight is 277 g/mol. The highest BCUT2D eigenvalue weighted by Crippen LogP contribution is 2.35. The maximum atomic E-state index is 3.42. The standard InChI is InChI=1S/C20H23N/c1-21-20-11-9-18-13-17(8-10-19(18)20)16-7-6-14-4-2-3-5-15(14)12-16/h6-8,10,12-13,20-21H,2-5,9,11H2,1H3. The highest BCUT2D eigenvalue weighted by atomic mass is 14.9. The predicted molar refractivity (Wildman–Crippen MR) is 88.6 cm³/mol. The van der Waals surface area contributed by atoms with Crippen molar-refractivity contribution in [2.45, 2.75) is 44.6 Å². The molecule has 1 unspecified atom stereocenters. The minimum atomic E-state index is 0.553. The molecular formula is C20H23N. The van der Waals surface area contributed by atoms with Gasteiger partial charge in [-0.3, -0.25) is 0 Å². The molecule has 0 amide bonds. The van der Waals surface area contributed by atoms with Crippen LogP contribution in [0.15, 0.2) is 36.4 Å². The maximum Gasteiger partial charge on any atom is 0.0323 e. The Bertz CT molecular complexity index is 672. The van der Waals surface area contributed by atoms with Crippen molar-refractivity contribution in [3.8, 4) is 11.1 Å². The zero-order chi connectivity index (χ0) is 14.2. The van der Waals surface area contributed by atoms with Crippen LogP contribution in [-0.2, 0) is 19.3 Å². The smallest absolute Gasteiger partial charge is 0.0323 e. The van der Waals surface area contributed by atoms with Crippen molar-refractivity contribution in [2.24, 2.45) is 0 Å². The molecule has 1 N–H and O–H groups in total. The van der Waals surface area contributed by atoms with Crippen molar-refractivity contribution in [1.82, 2.24) is 5.32 Å². The third-order valence-corrected chi connectivity index (χ3v) is 5.25. The van der Waals surface area contributed by atoms with Gasteiger partial charge < -0.3 is 5.32 Å². The number of nitrogens with one attached hydrogen (secondary N) is 1. The molecule has 4 rings (SSSR count). The second-order valence-electron chi connectivity index (χ2n) is 6.48. The van der Waals surface area contributed by atoms with Gasteiger partial charge in [0, 0.05) is 6.04 Å². The summed E-state index contributed by atoms with van der Waals surface area (Å²) < 4.78 is 0. The van der Waals surface area contributed by atoms with Gasteiger partial charge in [0.15, 0.2) is 0 Å². The molecule has 2 aliphatic rings. The third-order valence-electron chi connectivity index (χ3n) is 5.25. The first kappa shape index (κ1) is 13.1. The highest BCUT2D eigenvalue weighted by molar-refractivity contribution is 5.67. The summed E-state index contributed by atoms with van der Waals surface area (Å²) in [6.45, 7) is 0. The molecule has 2 aliphatic carbocycles. The summed E-state index contributed by atoms with van der Waals surface area (Å²) in [5.41, 5.74) is 8.96. The number of hydrogen-bond donors (Lipinski definition) is 1. The van der Waals surface area contributed by atoms with Crippen molar-refractivity contribution in [3.63, 3.8) is 0 Å². The van der Waals surface area contributed by atoms with Gasteiger partial charge in [0.2, 0.25) is 0 Å². The Morgan fingerprint density at radius 3 is 2.33 bits per heavy atom. The summed E-state index contributed by atoms with van der Waals surface area (Å²) >= 11 is 0. The van der Waals surface area contributed by atoms with Crippen molar-refractivity contribution in [2.75, 3.05) is 7.05 Å². The van der Waals surface area contributed by atoms with Gasteiger partial charge >= 0.3 is 0 Å². The fourth-order valence-corrected chi connectivity index (χ4v) is 4.01. The van der Waals surface area contributed by atoms with Crippen LogP contribution in [0.1, 0.15) is 47.6 Å². The van der Waals surface area contributed by atoms with Gasteiger partial charge in [-0.1, -0.05) is 36.4 Å². The fraction of sp³-hybridized carbons (Fsp3) is 0.400. The van der Waals surface area contributed by atoms with Crippen molar-refractivity contribution < 1.29 is 0 Å². The van der Waals surface area contributed by atoms with Gasteiger partial charge in [-0.2, -0.15) is 0 Å². The van der Waals surface area contributed by atoms with Crippen LogP contribution in [0, 0.1) is 0 Å². The van der Waals surface area contributed by atoms with Crippen LogP contribution in [0.2, 0.25) is 0 Å². The largest absolute Gasteiger partial charge is 0.313 e. The molecule has 0 aliphatic heterocycles. The van der Waals surface area contributed by atoms with E-state index in [1.807, 2.05) is 0 Å². The van der Waals surface area contributed by atoms with Crippen LogP contribution < -0.4 is 5.32 Å². The molecule has 2 aromatic rings. The Morgan fingerprint density at radius 2 is 1.52 bits per heavy atom. The number of rotatable bonds is 2. The van der Waals surface area contributed by atoms with Crippen LogP contribution in [-0.4, -0.2) is 7.05 Å². The zero-order valence-electron chi connectivity index (χ0n) is 12.8. The van der Waals surface area contributed by atoms with E-state index in [9.17, 15) is 0 Å². The molecule has 0 aromatic heterocycles. The molecule has 0 spiro atoms. The van der Waals surface area contributed by atoms with Gasteiger partial charge in [0.25, 0.3) is 0 Å². The van der Waals surface area contributed by atoms with Gasteiger partial charge in [-0.25, -0.2) is 0 Å². The lowest BCUT2D eigenvalue weighted by Gasteiger charge is -2.17. The lowest BCUT2D eigenvalue weighted by molar-refractivity contribution is 0.590. The molecule has 108 valence electrons. The predicted octanol–water partition coefficient (Wildman–Crippen LogP) is 4.44. The van der Waals surface area contributed by atoms with Gasteiger partial charge in [-0.15, -0.1) is 0 Å². The van der Waals surface area contributed by atoms with Gasteiger partial charge in [0.1, 0.15) is 0 Å². The average Bonchev–Trinajstić information content (AvgIpc) is 2.96. The minimum Gasteiger partial charge on any atom is -0.313 e. The Morgan fingerprint density at radius 1 is 0.810 bits per heavy atom. The molecule has 0 saturated carbocycles. The second kappa shape index (κ2) is 5.31. The summed E-state index contributed by atoms with van der Waals surface area (Å²) in [6, 6.07) is 14.7. The first-order valence-electron chi connectivity index (χ1n) is 8.27. The van der Waals surface area contributed by atoms with E-state index in [0.717, 1.165) is 0 Å². The van der Waals surface area contributed by atoms with Crippen molar-refractivity contribution in [3.05, 3.63) is 58.7 Å². The summed E-state index contributed by atoms with van der Waals surface area (Å²) in [7, 11) is 2.07. The van der Waals surface area contributed by atoms with E-state index in [1.165, 1.54) is 60.8 Å². The maximum absolute atomic E-state index is 3.42. The lowest BCUT2D eigenvalue weighted by atomic mass is 9.88. The highest BCUT2D eigenvalue weighted by Gasteiger charge is 2.21. The number of hydrogen-bond acceptors (Lipinski definition) is 1. The van der Waals surface area contributed by atoms with E-state index in [2.05, 4.69) is 48.8 Å². The fourth-order valence-electron chi connectivity index (χ4n) is 4.01. The summed E-state index contributed by atoms with van der Waals surface area (Å²) in [4.78, 5) is 0. The van der Waals surface area contributed by atoms with Gasteiger partial charge in [-0.05, 0) is 79.0 Å². The van der Waals surface area contributed by atoms with E-state index >= 15 is 0 Å². The monoisotopic (exact) mass is 277 g/mol. The third kappa shape index (κ3) is 2.30. The topological polar surface area (TPSA) is 12.0 Å². The van der Waals surface area contributed by atoms with Crippen LogP contribution in [0.4, 0.5) is 0 Å². The Hall–Kier alpha value is -1.60. The molecule has 0 radical (unpaired) electrons. The summed E-state index contributed by atoms with van der Waals surface area (Å²) in [5, 5.41) is 3.42. The van der Waals surface area contributed by atoms with E-state index in [1.54, 1.807) is 11.1 Å². The van der Waals surface area contributed by atoms with E-state index in [-0.39, 0.29) is 0 Å². The van der Waals surface area contributed by atoms with Crippen LogP contribution in [0.3, 0.4) is 0 Å². The van der Waals surface area contributed by atoms with Crippen LogP contribution in [0.25, 0.3) is 11.1 Å². The molecule has 0 saturated heterocycles. The quantitative estimate of drug-likeness (QED) is 0.855. The van der Waals surface area contributed by atoms with Crippen molar-refractivity contribution >= 4 is 0 Å². The molecule has 1 nitrogen and oxygen atoms in total. The van der Waals surface area contributed by atoms with Crippen molar-refractivity contribution in [1.29, 1.82) is 0 Å². The van der Waals surface area contributed by atoms with Crippen LogP contribution >= 0.6 is 0 Å². The number of benzene rings is 2. The first-order valence-corrected chi connectivity index (χ1v) is 8.27. The molecule has 0 fully saturated rings. The molecule has 1 atom stereocenters. The summed E-state index contributed by atoms with van der Waals surface area (Å²) in [5.74, 6) is 0. The number of aryl methyl sites for hydroxylation is 3. The molecular weight excluding hydrogens is 254 g/mol. The lowest BCUT2D eigenvalue weighted by Crippen LogP contribution is -2.12. The summed E-state index contributed by atoms with van der Waals surface area (Å²) in [6.07, 6.45) is 7.68. The SMILES string of the molecule is CNC1CCc2cc(-c3ccc4c(c3)CCCC4)ccc21. The number of fused-ring (bicyclic) bond motifs is 2. The molecule has 21 heavy (non-hydrogen) atoms. The molecule has 0 bridgehead atoms. The Labute approximate surface area is 127 Å². The second-order valence-corrected chi connectivity index (χ2v) is 6.48. The molecule has 2 aromatic carbocycles. The van der Waals surface area contributed by atoms with Gasteiger partial charge in [0.05, 0.1) is 0 Å². The van der Waals surface area contributed by atoms with E-state index < -0.39 is 0 Å². The minimum absolute atomic E-state index is 0.553. The Balaban J connectivity index is 1.71. The molecule has 1 heteroatoms. The molecule has 0 heterocycles.